The molecule has 0 aliphatic rings. The standard InChI is InChI=1S/C18H29O4P/c1-14(2)9-11-21-16-7-5-6-8-17(16)23(20)13-18(19)22-12-10-15(3)4/h5-8,14-15,23H,9-13H2,1-4H3. The molecule has 0 bridgehead atoms. The van der Waals surface area contributed by atoms with Crippen LogP contribution in [-0.2, 0) is 14.1 Å². The number of ether oxygens (including phenoxy) is 2. The van der Waals surface area contributed by atoms with Crippen molar-refractivity contribution in [2.45, 2.75) is 40.5 Å². The van der Waals surface area contributed by atoms with Gasteiger partial charge in [0.25, 0.3) is 0 Å². The number of esters is 1. The van der Waals surface area contributed by atoms with Crippen LogP contribution < -0.4 is 10.0 Å². The van der Waals surface area contributed by atoms with Crippen LogP contribution in [0.2, 0.25) is 0 Å². The molecule has 0 saturated heterocycles. The molecule has 5 heteroatoms. The van der Waals surface area contributed by atoms with E-state index in [1.807, 2.05) is 18.2 Å². The van der Waals surface area contributed by atoms with Crippen LogP contribution in [0.15, 0.2) is 24.3 Å². The molecule has 1 unspecified atom stereocenters. The van der Waals surface area contributed by atoms with Gasteiger partial charge in [-0.2, -0.15) is 0 Å². The van der Waals surface area contributed by atoms with Crippen LogP contribution in [0, 0.1) is 11.8 Å². The minimum absolute atomic E-state index is 0.0622. The smallest absolute Gasteiger partial charge is 0.313 e. The maximum absolute atomic E-state index is 12.5. The highest BCUT2D eigenvalue weighted by molar-refractivity contribution is 7.54. The van der Waals surface area contributed by atoms with Crippen molar-refractivity contribution in [2.24, 2.45) is 11.8 Å². The van der Waals surface area contributed by atoms with Crippen LogP contribution in [-0.4, -0.2) is 25.3 Å². The summed E-state index contributed by atoms with van der Waals surface area (Å²) >= 11 is 0. The highest BCUT2D eigenvalue weighted by atomic mass is 31.1. The van der Waals surface area contributed by atoms with Gasteiger partial charge in [-0.05, 0) is 36.8 Å². The van der Waals surface area contributed by atoms with E-state index in [0.717, 1.165) is 12.8 Å². The molecule has 0 spiro atoms. The summed E-state index contributed by atoms with van der Waals surface area (Å²) in [5.41, 5.74) is 0. The van der Waals surface area contributed by atoms with Crippen molar-refractivity contribution in [1.82, 2.24) is 0 Å². The van der Waals surface area contributed by atoms with Crippen molar-refractivity contribution in [2.75, 3.05) is 19.4 Å². The molecule has 130 valence electrons. The summed E-state index contributed by atoms with van der Waals surface area (Å²) in [5, 5.41) is 0.627. The van der Waals surface area contributed by atoms with Crippen molar-refractivity contribution in [3.63, 3.8) is 0 Å². The summed E-state index contributed by atoms with van der Waals surface area (Å²) < 4.78 is 23.4. The lowest BCUT2D eigenvalue weighted by Gasteiger charge is -2.12. The van der Waals surface area contributed by atoms with Crippen molar-refractivity contribution in [3.05, 3.63) is 24.3 Å². The van der Waals surface area contributed by atoms with E-state index in [1.165, 1.54) is 0 Å². The molecule has 0 fully saturated rings. The predicted octanol–water partition coefficient (Wildman–Crippen LogP) is 3.89. The number of hydrogen-bond donors (Lipinski definition) is 0. The summed E-state index contributed by atoms with van der Waals surface area (Å²) in [6.07, 6.45) is 1.70. The molecule has 0 heterocycles. The van der Waals surface area contributed by atoms with E-state index in [1.54, 1.807) is 6.07 Å². The third kappa shape index (κ3) is 8.22. The van der Waals surface area contributed by atoms with E-state index < -0.39 is 13.8 Å². The zero-order valence-electron chi connectivity index (χ0n) is 14.6. The topological polar surface area (TPSA) is 52.6 Å². The van der Waals surface area contributed by atoms with Crippen LogP contribution >= 0.6 is 7.80 Å². The van der Waals surface area contributed by atoms with E-state index in [0.29, 0.717) is 36.1 Å². The Morgan fingerprint density at radius 3 is 2.30 bits per heavy atom. The molecule has 1 rings (SSSR count). The fraction of sp³-hybridized carbons (Fsp3) is 0.611. The Bertz CT molecular complexity index is 511. The number of para-hydroxylation sites is 1. The fourth-order valence-corrected chi connectivity index (χ4v) is 3.18. The average Bonchev–Trinajstić information content (AvgIpc) is 2.46. The van der Waals surface area contributed by atoms with Gasteiger partial charge in [0.1, 0.15) is 19.7 Å². The molecular formula is C18H29O4P. The molecule has 1 aromatic carbocycles. The quantitative estimate of drug-likeness (QED) is 0.479. The first-order valence-electron chi connectivity index (χ1n) is 8.30. The van der Waals surface area contributed by atoms with Crippen LogP contribution in [0.25, 0.3) is 0 Å². The summed E-state index contributed by atoms with van der Waals surface area (Å²) in [6.45, 7) is 9.38. The Kier molecular flexibility index (Phi) is 9.01. The minimum atomic E-state index is -2.25. The van der Waals surface area contributed by atoms with E-state index in [2.05, 4.69) is 27.7 Å². The lowest BCUT2D eigenvalue weighted by molar-refractivity contribution is -0.140. The van der Waals surface area contributed by atoms with E-state index >= 15 is 0 Å². The van der Waals surface area contributed by atoms with Crippen molar-refractivity contribution in [3.8, 4) is 5.75 Å². The van der Waals surface area contributed by atoms with E-state index in [4.69, 9.17) is 9.47 Å². The predicted molar refractivity (Wildman–Crippen MR) is 95.3 cm³/mol. The van der Waals surface area contributed by atoms with Gasteiger partial charge in [0.15, 0.2) is 0 Å². The van der Waals surface area contributed by atoms with Crippen LogP contribution in [0.4, 0.5) is 0 Å². The monoisotopic (exact) mass is 340 g/mol. The van der Waals surface area contributed by atoms with Gasteiger partial charge in [0, 0.05) is 0 Å². The van der Waals surface area contributed by atoms with Gasteiger partial charge in [-0.3, -0.25) is 4.79 Å². The van der Waals surface area contributed by atoms with Crippen molar-refractivity contribution < 1.29 is 18.8 Å². The highest BCUT2D eigenvalue weighted by Crippen LogP contribution is 2.26. The SMILES string of the molecule is CC(C)CCOC(=O)C[PH](=O)c1ccccc1OCCC(C)C. The van der Waals surface area contributed by atoms with Gasteiger partial charge in [0.2, 0.25) is 0 Å². The summed E-state index contributed by atoms with van der Waals surface area (Å²) in [7, 11) is -2.25. The number of hydrogen-bond acceptors (Lipinski definition) is 4. The molecular weight excluding hydrogens is 311 g/mol. The van der Waals surface area contributed by atoms with Crippen molar-refractivity contribution in [1.29, 1.82) is 0 Å². The number of rotatable bonds is 10. The highest BCUT2D eigenvalue weighted by Gasteiger charge is 2.15. The zero-order chi connectivity index (χ0) is 17.2. The minimum Gasteiger partial charge on any atom is -0.493 e. The van der Waals surface area contributed by atoms with Gasteiger partial charge in [-0.25, -0.2) is 0 Å². The third-order valence-corrected chi connectivity index (χ3v) is 5.03. The van der Waals surface area contributed by atoms with Gasteiger partial charge in [-0.1, -0.05) is 39.8 Å². The summed E-state index contributed by atoms with van der Waals surface area (Å²) in [6, 6.07) is 7.25. The molecule has 0 aromatic heterocycles. The Balaban J connectivity index is 2.56. The molecule has 0 saturated carbocycles. The number of carbonyl (C=O) groups is 1. The molecule has 0 N–H and O–H groups in total. The lowest BCUT2D eigenvalue weighted by Crippen LogP contribution is -2.14. The first-order valence-corrected chi connectivity index (χ1v) is 9.92. The van der Waals surface area contributed by atoms with Crippen LogP contribution in [0.5, 0.6) is 5.75 Å². The second kappa shape index (κ2) is 10.5. The third-order valence-electron chi connectivity index (χ3n) is 3.40. The van der Waals surface area contributed by atoms with E-state index in [-0.39, 0.29) is 6.16 Å². The molecule has 1 atom stereocenters. The normalized spacial score (nSPS) is 12.4. The second-order valence-electron chi connectivity index (χ2n) is 6.53. The van der Waals surface area contributed by atoms with Gasteiger partial charge in [0.05, 0.1) is 18.5 Å². The van der Waals surface area contributed by atoms with Crippen molar-refractivity contribution >= 4 is 19.1 Å². The van der Waals surface area contributed by atoms with Gasteiger partial charge in [-0.15, -0.1) is 0 Å². The Hall–Kier alpha value is -1.28. The number of benzene rings is 1. The maximum atomic E-state index is 12.5. The van der Waals surface area contributed by atoms with Crippen LogP contribution in [0.1, 0.15) is 40.5 Å². The first-order chi connectivity index (χ1) is 10.9. The largest absolute Gasteiger partial charge is 0.493 e. The lowest BCUT2D eigenvalue weighted by atomic mass is 10.1. The molecule has 1 aromatic rings. The first kappa shape index (κ1) is 19.8. The zero-order valence-corrected chi connectivity index (χ0v) is 15.6. The second-order valence-corrected chi connectivity index (χ2v) is 8.27. The average molecular weight is 340 g/mol. The molecule has 0 amide bonds. The van der Waals surface area contributed by atoms with Gasteiger partial charge < -0.3 is 14.0 Å². The Labute approximate surface area is 140 Å². The fourth-order valence-electron chi connectivity index (χ4n) is 1.91. The Morgan fingerprint density at radius 1 is 1.04 bits per heavy atom. The molecule has 0 aliphatic carbocycles. The van der Waals surface area contributed by atoms with E-state index in [9.17, 15) is 9.36 Å². The van der Waals surface area contributed by atoms with Gasteiger partial charge >= 0.3 is 5.97 Å². The molecule has 23 heavy (non-hydrogen) atoms. The summed E-state index contributed by atoms with van der Waals surface area (Å²) in [5.74, 6) is 1.25. The maximum Gasteiger partial charge on any atom is 0.313 e. The molecule has 0 aliphatic heterocycles. The molecule has 0 radical (unpaired) electrons. The molecule has 4 nitrogen and oxygen atoms in total. The van der Waals surface area contributed by atoms with Crippen LogP contribution in [0.3, 0.4) is 0 Å². The Morgan fingerprint density at radius 2 is 1.65 bits per heavy atom. The number of carbonyl (C=O) groups excluding carboxylic acids is 1. The summed E-state index contributed by atoms with van der Waals surface area (Å²) in [4.78, 5) is 11.8.